The van der Waals surface area contributed by atoms with E-state index in [-0.39, 0.29) is 48.3 Å². The quantitative estimate of drug-likeness (QED) is 0.137. The van der Waals surface area contributed by atoms with Gasteiger partial charge in [-0.15, -0.1) is 0 Å². The van der Waals surface area contributed by atoms with E-state index in [9.17, 15) is 29.7 Å². The van der Waals surface area contributed by atoms with Gasteiger partial charge in [0.05, 0.1) is 24.4 Å². The lowest BCUT2D eigenvalue weighted by Gasteiger charge is -2.42. The Balaban J connectivity index is 1.69. The summed E-state index contributed by atoms with van der Waals surface area (Å²) in [5.74, 6) is -5.17. The highest BCUT2D eigenvalue weighted by molar-refractivity contribution is 6.39. The molecule has 1 saturated carbocycles. The largest absolute Gasteiger partial charge is 0.461 e. The van der Waals surface area contributed by atoms with Crippen molar-refractivity contribution in [3.8, 4) is 0 Å². The summed E-state index contributed by atoms with van der Waals surface area (Å²) in [6.07, 6.45) is 16.2. The Kier molecular flexibility index (Phi) is 21.8. The normalized spacial score (nSPS) is 41.0. The van der Waals surface area contributed by atoms with Crippen LogP contribution >= 0.6 is 0 Å². The third-order valence-electron chi connectivity index (χ3n) is 14.8. The molecule has 3 fully saturated rings. The number of fused-ring (bicyclic) bond motifs is 3. The summed E-state index contributed by atoms with van der Waals surface area (Å²) in [5, 5.41) is 34.2. The van der Waals surface area contributed by atoms with Crippen LogP contribution < -0.4 is 0 Å². The predicted octanol–water partition coefficient (Wildman–Crippen LogP) is 7.50. The molecule has 1 aliphatic carbocycles. The molecule has 0 aromatic rings. The number of ether oxygens (including phenoxy) is 5. The minimum atomic E-state index is -2.37. The van der Waals surface area contributed by atoms with E-state index >= 15 is 0 Å². The maximum Gasteiger partial charge on any atom is 0.329 e. The molecule has 368 valence electrons. The van der Waals surface area contributed by atoms with E-state index in [2.05, 4.69) is 44.8 Å². The van der Waals surface area contributed by atoms with Crippen LogP contribution in [-0.4, -0.2) is 133 Å². The molecule has 0 aromatic heterocycles. The van der Waals surface area contributed by atoms with Crippen LogP contribution in [0, 0.1) is 35.5 Å². The first-order valence-electron chi connectivity index (χ1n) is 24.5. The lowest BCUT2D eigenvalue weighted by atomic mass is 9.78. The molecule has 15 atom stereocenters. The second-order valence-electron chi connectivity index (χ2n) is 19.9. The van der Waals surface area contributed by atoms with Crippen molar-refractivity contribution in [2.75, 3.05) is 34.9 Å². The van der Waals surface area contributed by atoms with Crippen LogP contribution in [0.25, 0.3) is 0 Å². The number of piperidine rings is 1. The third kappa shape index (κ3) is 14.7. The van der Waals surface area contributed by atoms with Crippen molar-refractivity contribution >= 4 is 23.4 Å². The van der Waals surface area contributed by atoms with Gasteiger partial charge in [0, 0.05) is 53.0 Å². The van der Waals surface area contributed by atoms with Crippen molar-refractivity contribution in [1.29, 1.82) is 0 Å². The van der Waals surface area contributed by atoms with Crippen molar-refractivity contribution in [3.05, 3.63) is 47.6 Å². The molecule has 3 N–H and O–H groups in total. The number of Topliss-reactive ketones (excluding diaryl/α,β-unsaturated/α-hetero) is 1. The van der Waals surface area contributed by atoms with Crippen LogP contribution in [0.3, 0.4) is 0 Å². The number of carbonyl (C=O) groups excluding carboxylic acids is 3. The first kappa shape index (κ1) is 54.6. The zero-order chi connectivity index (χ0) is 48.0. The number of nitrogens with zero attached hydrogens (tertiary/aromatic N) is 2. The average molecular weight is 913 g/mol. The zero-order valence-electron chi connectivity index (χ0n) is 41.4. The molecule has 3 heterocycles. The summed E-state index contributed by atoms with van der Waals surface area (Å²) in [6.45, 7) is 14.2. The molecule has 3 aliphatic heterocycles. The number of amides is 1. The topological polar surface area (TPSA) is 174 Å². The Morgan fingerprint density at radius 2 is 1.58 bits per heavy atom. The van der Waals surface area contributed by atoms with Gasteiger partial charge in [0.1, 0.15) is 24.4 Å². The fourth-order valence-corrected chi connectivity index (χ4v) is 10.7. The first-order chi connectivity index (χ1) is 30.9. The SMILES string of the molecule is C/N=C1/[C@H](C)C[C@H](C)/C=C/C=C/C=C(\C)[C@@H](OC)CC2CC[C@@H](C)[C@@](O)(O2)C(=O)C(=O)N2CCCC[C@H]2C(=O)O[C@H]([C@H](C)C[C@@H]2CC[C@@H](O)[C@H](OC)C2)CC[C@H](C)/C=C(\C)[C@@H](O)[C@H]1OC. The van der Waals surface area contributed by atoms with Crippen molar-refractivity contribution in [3.63, 3.8) is 0 Å². The minimum Gasteiger partial charge on any atom is -0.461 e. The molecule has 2 saturated heterocycles. The highest BCUT2D eigenvalue weighted by Crippen LogP contribution is 2.38. The number of hydrogen-bond acceptors (Lipinski definition) is 12. The van der Waals surface area contributed by atoms with Gasteiger partial charge in [-0.25, -0.2) is 4.79 Å². The molecule has 1 unspecified atom stereocenters. The number of aliphatic hydroxyl groups excluding tert-OH is 2. The molecule has 0 radical (unpaired) electrons. The van der Waals surface area contributed by atoms with Crippen LogP contribution in [0.1, 0.15) is 132 Å². The minimum absolute atomic E-state index is 0.00261. The van der Waals surface area contributed by atoms with Gasteiger partial charge in [-0.3, -0.25) is 14.6 Å². The highest BCUT2D eigenvalue weighted by atomic mass is 16.6. The van der Waals surface area contributed by atoms with Crippen LogP contribution in [0.2, 0.25) is 0 Å². The molecule has 4 aliphatic rings. The lowest BCUT2D eigenvalue weighted by molar-refractivity contribution is -0.265. The predicted molar refractivity (Wildman–Crippen MR) is 253 cm³/mol. The fraction of sp³-hybridized carbons (Fsp3) is 0.769. The summed E-state index contributed by atoms with van der Waals surface area (Å²) in [6, 6.07) is -0.999. The first-order valence-corrected chi connectivity index (χ1v) is 24.5. The van der Waals surface area contributed by atoms with Crippen molar-refractivity contribution in [2.24, 2.45) is 40.5 Å². The monoisotopic (exact) mass is 913 g/mol. The molecular weight excluding hydrogens is 829 g/mol. The summed E-state index contributed by atoms with van der Waals surface area (Å²) < 4.78 is 30.1. The smallest absolute Gasteiger partial charge is 0.329 e. The number of esters is 1. The Bertz CT molecular complexity index is 1710. The Morgan fingerprint density at radius 1 is 0.846 bits per heavy atom. The number of aliphatic imine (C=N–C) groups is 1. The molecule has 4 rings (SSSR count). The van der Waals surface area contributed by atoms with Gasteiger partial charge in [0.2, 0.25) is 5.79 Å². The summed E-state index contributed by atoms with van der Waals surface area (Å²) >= 11 is 0. The number of hydrogen-bond donors (Lipinski definition) is 3. The summed E-state index contributed by atoms with van der Waals surface area (Å²) in [7, 11) is 6.59. The molecule has 2 bridgehead atoms. The van der Waals surface area contributed by atoms with Gasteiger partial charge in [0.15, 0.2) is 0 Å². The molecule has 0 aromatic carbocycles. The highest BCUT2D eigenvalue weighted by Gasteiger charge is 2.53. The number of cyclic esters (lactones) is 1. The number of allylic oxidation sites excluding steroid dienone is 6. The lowest BCUT2D eigenvalue weighted by Crippen LogP contribution is -2.61. The summed E-state index contributed by atoms with van der Waals surface area (Å²) in [4.78, 5) is 48.8. The van der Waals surface area contributed by atoms with Crippen molar-refractivity contribution in [1.82, 2.24) is 4.90 Å². The van der Waals surface area contributed by atoms with Crippen LogP contribution in [0.15, 0.2) is 52.6 Å². The third-order valence-corrected chi connectivity index (χ3v) is 14.8. The zero-order valence-corrected chi connectivity index (χ0v) is 41.4. The molecule has 0 spiro atoms. The fourth-order valence-electron chi connectivity index (χ4n) is 10.7. The Hall–Kier alpha value is -3.04. The van der Waals surface area contributed by atoms with Gasteiger partial charge >= 0.3 is 5.97 Å². The standard InChI is InChI=1S/C52H84N2O11/c1-32-17-13-12-14-18-34(3)44(61-9)31-40-23-21-38(7)52(60,65-40)49(57)50(58)54-26-16-15-19-41(54)51(59)64-43(35(4)29-39-22-24-42(55)45(30-39)62-10)25-20-33(2)28-37(6)47(56)48(63-11)46(53-8)36(5)27-32/h12-14,17-18,28,32-33,35-36,38-45,47-48,55-56,60H,15-16,19-27,29-31H2,1-11H3/b14-12+,17-13+,34-18+,37-28+,53-46-/t32-,33+,35-,36-,38-,39+,40?,41+,42-,43+,44+,45-,47-,48+,52-/m1/s1. The number of rotatable bonds is 6. The number of carbonyl (C=O) groups is 3. The van der Waals surface area contributed by atoms with Crippen molar-refractivity contribution < 1.29 is 53.4 Å². The van der Waals surface area contributed by atoms with E-state index in [0.717, 1.165) is 36.1 Å². The van der Waals surface area contributed by atoms with E-state index in [4.69, 9.17) is 23.7 Å². The average Bonchev–Trinajstić information content (AvgIpc) is 3.28. The van der Waals surface area contributed by atoms with Crippen LogP contribution in [0.4, 0.5) is 0 Å². The summed E-state index contributed by atoms with van der Waals surface area (Å²) in [5.41, 5.74) is 2.49. The van der Waals surface area contributed by atoms with E-state index < -0.39 is 65.9 Å². The number of aliphatic hydroxyl groups is 3. The van der Waals surface area contributed by atoms with Gasteiger partial charge < -0.3 is 43.9 Å². The van der Waals surface area contributed by atoms with Gasteiger partial charge in [-0.05, 0) is 132 Å². The van der Waals surface area contributed by atoms with E-state index in [1.165, 1.54) is 4.90 Å². The second kappa shape index (κ2) is 25.9. The van der Waals surface area contributed by atoms with Gasteiger partial charge in [-0.2, -0.15) is 0 Å². The van der Waals surface area contributed by atoms with E-state index in [0.29, 0.717) is 64.2 Å². The molecule has 1 amide bonds. The molecular formula is C52H84N2O11. The van der Waals surface area contributed by atoms with Gasteiger partial charge in [-0.1, -0.05) is 71.1 Å². The van der Waals surface area contributed by atoms with Crippen LogP contribution in [0.5, 0.6) is 0 Å². The molecule has 65 heavy (non-hydrogen) atoms. The van der Waals surface area contributed by atoms with Crippen molar-refractivity contribution in [2.45, 2.75) is 186 Å². The Morgan fingerprint density at radius 3 is 2.26 bits per heavy atom. The maximum atomic E-state index is 14.4. The number of ketones is 1. The van der Waals surface area contributed by atoms with E-state index in [1.54, 1.807) is 35.3 Å². The van der Waals surface area contributed by atoms with Gasteiger partial charge in [0.25, 0.3) is 11.7 Å². The maximum absolute atomic E-state index is 14.4. The van der Waals surface area contributed by atoms with Crippen LogP contribution in [-0.2, 0) is 38.1 Å². The second-order valence-corrected chi connectivity index (χ2v) is 19.9. The van der Waals surface area contributed by atoms with E-state index in [1.807, 2.05) is 38.2 Å². The Labute approximate surface area is 390 Å². The molecule has 13 heteroatoms. The number of methoxy groups -OCH3 is 3. The molecule has 13 nitrogen and oxygen atoms in total.